The Bertz CT molecular complexity index is 1320. The second-order valence-corrected chi connectivity index (χ2v) is 10.4. The highest BCUT2D eigenvalue weighted by molar-refractivity contribution is 5.87. The Balaban J connectivity index is 1.48. The van der Waals surface area contributed by atoms with E-state index in [1.54, 1.807) is 0 Å². The van der Waals surface area contributed by atoms with E-state index >= 15 is 0 Å². The van der Waals surface area contributed by atoms with Crippen LogP contribution in [0.4, 0.5) is 0 Å². The van der Waals surface area contributed by atoms with Crippen LogP contribution in [-0.4, -0.2) is 134 Å². The molecule has 0 radical (unpaired) electrons. The molecule has 10 atom stereocenters. The number of benzene rings is 2. The molecule has 248 valence electrons. The van der Waals surface area contributed by atoms with Crippen molar-refractivity contribution in [1.29, 1.82) is 0 Å². The largest absolute Gasteiger partial charge is 0.504 e. The second-order valence-electron chi connectivity index (χ2n) is 10.4. The van der Waals surface area contributed by atoms with Gasteiger partial charge in [0.15, 0.2) is 41.7 Å². The summed E-state index contributed by atoms with van der Waals surface area (Å²) in [4.78, 5) is 12.7. The lowest BCUT2D eigenvalue weighted by molar-refractivity contribution is -0.324. The maximum absolute atomic E-state index is 12.7. The number of aliphatic hydroxyl groups excluding tert-OH is 5. The number of rotatable bonds is 11. The van der Waals surface area contributed by atoms with E-state index < -0.39 is 85.5 Å². The minimum absolute atomic E-state index is 0.274. The van der Waals surface area contributed by atoms with Gasteiger partial charge in [-0.05, 0) is 41.5 Å². The molecule has 4 rings (SSSR count). The topological polar surface area (TPSA) is 255 Å². The zero-order valence-electron chi connectivity index (χ0n) is 23.9. The minimum atomic E-state index is -1.80. The van der Waals surface area contributed by atoms with Gasteiger partial charge >= 0.3 is 5.97 Å². The summed E-state index contributed by atoms with van der Waals surface area (Å²) in [5.41, 5.74) is 0.734. The standard InChI is InChI=1S/C29H36O16/c1-40-20(14-4-6-16(31)18(33)9-14)11-43-29-26(39)24(37)27(45-22(35)7-3-13-2-5-15(30)17(32)8-13)21(44-29)12-42-28-25(38)23(36)19(34)10-41-28/h2-9,19-21,23-34,36-39H,10-12H2,1H3/b7-3+/t19-,20+,21-,23+,24-,25-,26-,27-,28+,29-/m1/s1. The number of phenolic OH excluding ortho intramolecular Hbond substituents is 4. The molecule has 0 saturated carbocycles. The van der Waals surface area contributed by atoms with E-state index in [2.05, 4.69) is 0 Å². The minimum Gasteiger partial charge on any atom is -0.504 e. The summed E-state index contributed by atoms with van der Waals surface area (Å²) < 4.78 is 33.0. The van der Waals surface area contributed by atoms with Gasteiger partial charge in [-0.25, -0.2) is 4.79 Å². The zero-order chi connectivity index (χ0) is 32.8. The molecule has 2 fully saturated rings. The van der Waals surface area contributed by atoms with E-state index in [-0.39, 0.29) is 24.7 Å². The summed E-state index contributed by atoms with van der Waals surface area (Å²) in [6.45, 7) is -1.16. The van der Waals surface area contributed by atoms with Crippen molar-refractivity contribution in [2.45, 2.75) is 61.4 Å². The van der Waals surface area contributed by atoms with E-state index in [1.807, 2.05) is 0 Å². The molecule has 0 bridgehead atoms. The van der Waals surface area contributed by atoms with Gasteiger partial charge in [-0.3, -0.25) is 0 Å². The van der Waals surface area contributed by atoms with E-state index in [0.29, 0.717) is 11.1 Å². The van der Waals surface area contributed by atoms with E-state index in [4.69, 9.17) is 28.4 Å². The molecule has 16 nitrogen and oxygen atoms in total. The average Bonchev–Trinajstić information content (AvgIpc) is 3.01. The van der Waals surface area contributed by atoms with Gasteiger partial charge in [-0.1, -0.05) is 12.1 Å². The van der Waals surface area contributed by atoms with Crippen LogP contribution in [0.15, 0.2) is 42.5 Å². The van der Waals surface area contributed by atoms with Crippen LogP contribution in [-0.2, 0) is 33.2 Å². The molecule has 9 N–H and O–H groups in total. The summed E-state index contributed by atoms with van der Waals surface area (Å²) in [7, 11) is 1.35. The molecule has 0 aromatic heterocycles. The van der Waals surface area contributed by atoms with E-state index in [9.17, 15) is 50.8 Å². The van der Waals surface area contributed by atoms with Crippen LogP contribution in [0.3, 0.4) is 0 Å². The van der Waals surface area contributed by atoms with Crippen molar-refractivity contribution in [3.8, 4) is 23.0 Å². The number of methoxy groups -OCH3 is 1. The average molecular weight is 641 g/mol. The van der Waals surface area contributed by atoms with Gasteiger partial charge in [0.05, 0.1) is 19.8 Å². The first-order valence-corrected chi connectivity index (χ1v) is 13.8. The van der Waals surface area contributed by atoms with Crippen LogP contribution >= 0.6 is 0 Å². The monoisotopic (exact) mass is 640 g/mol. The summed E-state index contributed by atoms with van der Waals surface area (Å²) in [6, 6.07) is 7.77. The summed E-state index contributed by atoms with van der Waals surface area (Å²) >= 11 is 0. The Morgan fingerprint density at radius 3 is 2.20 bits per heavy atom. The molecule has 2 aliphatic heterocycles. The molecular formula is C29H36O16. The summed E-state index contributed by atoms with van der Waals surface area (Å²) in [5, 5.41) is 90.2. The molecular weight excluding hydrogens is 604 g/mol. The third kappa shape index (κ3) is 8.39. The SMILES string of the molecule is CO[C@@H](CO[C@@H]1O[C@H](CO[C@@H]2OC[C@@H](O)[C@H](O)[C@H]2O)[C@@H](OC(=O)/C=C/c2ccc(O)c(O)c2)[C@H](O)[C@H]1O)c1ccc(O)c(O)c1. The molecule has 2 saturated heterocycles. The van der Waals surface area contributed by atoms with Crippen LogP contribution in [0.1, 0.15) is 17.2 Å². The van der Waals surface area contributed by atoms with Gasteiger partial charge in [0.1, 0.15) is 42.7 Å². The lowest BCUT2D eigenvalue weighted by atomic mass is 9.98. The molecule has 0 unspecified atom stereocenters. The Morgan fingerprint density at radius 1 is 0.867 bits per heavy atom. The number of hydrogen-bond donors (Lipinski definition) is 9. The zero-order valence-corrected chi connectivity index (χ0v) is 23.9. The predicted molar refractivity (Wildman–Crippen MR) is 149 cm³/mol. The number of aliphatic hydroxyl groups is 5. The maximum atomic E-state index is 12.7. The number of phenols is 4. The molecule has 45 heavy (non-hydrogen) atoms. The number of esters is 1. The van der Waals surface area contributed by atoms with Crippen LogP contribution < -0.4 is 0 Å². The van der Waals surface area contributed by atoms with Gasteiger partial charge in [-0.2, -0.15) is 0 Å². The van der Waals surface area contributed by atoms with Crippen molar-refractivity contribution in [2.24, 2.45) is 0 Å². The first-order valence-electron chi connectivity index (χ1n) is 13.8. The van der Waals surface area contributed by atoms with Crippen molar-refractivity contribution in [1.82, 2.24) is 0 Å². The van der Waals surface area contributed by atoms with Crippen LogP contribution in [0.2, 0.25) is 0 Å². The lowest BCUT2D eigenvalue weighted by Gasteiger charge is -2.42. The molecule has 0 spiro atoms. The quantitative estimate of drug-likeness (QED) is 0.0789. The van der Waals surface area contributed by atoms with Crippen molar-refractivity contribution in [3.05, 3.63) is 53.6 Å². The number of carbonyl (C=O) groups excluding carboxylic acids is 1. The molecule has 16 heteroatoms. The Labute approximate surface area is 256 Å². The van der Waals surface area contributed by atoms with Crippen LogP contribution in [0.25, 0.3) is 6.08 Å². The van der Waals surface area contributed by atoms with Crippen molar-refractivity contribution in [3.63, 3.8) is 0 Å². The molecule has 0 amide bonds. The molecule has 0 aliphatic carbocycles. The Kier molecular flexibility index (Phi) is 11.6. The number of hydrogen-bond acceptors (Lipinski definition) is 16. The van der Waals surface area contributed by atoms with Gasteiger partial charge in [-0.15, -0.1) is 0 Å². The van der Waals surface area contributed by atoms with Crippen molar-refractivity contribution < 1.29 is 79.2 Å². The van der Waals surface area contributed by atoms with Crippen molar-refractivity contribution in [2.75, 3.05) is 26.9 Å². The number of carbonyl (C=O) groups is 1. The maximum Gasteiger partial charge on any atom is 0.331 e. The summed E-state index contributed by atoms with van der Waals surface area (Å²) in [6.07, 6.45) is -12.6. The van der Waals surface area contributed by atoms with Gasteiger partial charge in [0.25, 0.3) is 0 Å². The van der Waals surface area contributed by atoms with E-state index in [0.717, 1.165) is 6.08 Å². The molecule has 2 heterocycles. The smallest absolute Gasteiger partial charge is 0.331 e. The van der Waals surface area contributed by atoms with E-state index in [1.165, 1.54) is 49.6 Å². The number of ether oxygens (including phenoxy) is 6. The molecule has 2 aromatic carbocycles. The molecule has 2 aliphatic rings. The highest BCUT2D eigenvalue weighted by Gasteiger charge is 2.48. The predicted octanol–water partition coefficient (Wildman–Crippen LogP) is -1.26. The van der Waals surface area contributed by atoms with Crippen LogP contribution in [0.5, 0.6) is 23.0 Å². The van der Waals surface area contributed by atoms with Crippen LogP contribution in [0, 0.1) is 0 Å². The highest BCUT2D eigenvalue weighted by Crippen LogP contribution is 2.31. The molecule has 2 aromatic rings. The Hall–Kier alpha value is -3.55. The highest BCUT2D eigenvalue weighted by atomic mass is 16.7. The fourth-order valence-electron chi connectivity index (χ4n) is 4.64. The lowest BCUT2D eigenvalue weighted by Crippen LogP contribution is -2.61. The fraction of sp³-hybridized carbons (Fsp3) is 0.483. The number of aromatic hydroxyl groups is 4. The Morgan fingerprint density at radius 2 is 1.53 bits per heavy atom. The van der Waals surface area contributed by atoms with Crippen molar-refractivity contribution >= 4 is 12.0 Å². The summed E-state index contributed by atoms with van der Waals surface area (Å²) in [5.74, 6) is -2.53. The third-order valence-corrected chi connectivity index (χ3v) is 7.25. The van der Waals surface area contributed by atoms with Gasteiger partial charge < -0.3 is 74.4 Å². The third-order valence-electron chi connectivity index (χ3n) is 7.25. The van der Waals surface area contributed by atoms with Gasteiger partial charge in [0.2, 0.25) is 0 Å². The first-order chi connectivity index (χ1) is 21.4. The normalized spacial score (nSPS) is 31.1. The second kappa shape index (κ2) is 15.2. The fourth-order valence-corrected chi connectivity index (χ4v) is 4.64. The first kappa shape index (κ1) is 34.3. The van der Waals surface area contributed by atoms with Gasteiger partial charge in [0, 0.05) is 13.2 Å².